The highest BCUT2D eigenvalue weighted by Gasteiger charge is 2.22. The molecule has 1 heterocycles. The van der Waals surface area contributed by atoms with Crippen molar-refractivity contribution in [3.63, 3.8) is 0 Å². The van der Waals surface area contributed by atoms with Crippen LogP contribution < -0.4 is 11.1 Å². The Balaban J connectivity index is 2.30. The molecule has 2 rings (SSSR count). The van der Waals surface area contributed by atoms with Crippen molar-refractivity contribution in [3.05, 3.63) is 11.3 Å². The third kappa shape index (κ3) is 1.84. The molecule has 0 unspecified atom stereocenters. The van der Waals surface area contributed by atoms with Crippen LogP contribution in [0.5, 0.6) is 0 Å². The molecule has 1 aromatic heterocycles. The fourth-order valence-electron chi connectivity index (χ4n) is 1.86. The molecule has 1 saturated carbocycles. The zero-order valence-electron chi connectivity index (χ0n) is 9.08. The quantitative estimate of drug-likeness (QED) is 0.760. The smallest absolute Gasteiger partial charge is 0.134 e. The highest BCUT2D eigenvalue weighted by Crippen LogP contribution is 2.26. The van der Waals surface area contributed by atoms with Crippen LogP contribution in [0, 0.1) is 6.92 Å². The SMILES string of the molecule is Cc1nn(C)c(NC2CCC2)c1C(N)=S. The lowest BCUT2D eigenvalue weighted by Gasteiger charge is -2.27. The van der Waals surface area contributed by atoms with Crippen molar-refractivity contribution in [1.29, 1.82) is 0 Å². The molecule has 3 N–H and O–H groups in total. The maximum absolute atomic E-state index is 5.70. The van der Waals surface area contributed by atoms with Gasteiger partial charge in [0, 0.05) is 13.1 Å². The van der Waals surface area contributed by atoms with E-state index in [0.29, 0.717) is 11.0 Å². The summed E-state index contributed by atoms with van der Waals surface area (Å²) in [5.74, 6) is 0.963. The van der Waals surface area contributed by atoms with E-state index in [1.165, 1.54) is 19.3 Å². The predicted molar refractivity (Wildman–Crippen MR) is 65.1 cm³/mol. The molecule has 1 aliphatic rings. The number of thiocarbonyl (C=S) groups is 1. The second-order valence-electron chi connectivity index (χ2n) is 4.07. The first kappa shape index (κ1) is 10.4. The van der Waals surface area contributed by atoms with E-state index in [4.69, 9.17) is 18.0 Å². The summed E-state index contributed by atoms with van der Waals surface area (Å²) in [6.07, 6.45) is 3.75. The number of rotatable bonds is 3. The first-order chi connectivity index (χ1) is 7.09. The summed E-state index contributed by atoms with van der Waals surface area (Å²) < 4.78 is 1.82. The van der Waals surface area contributed by atoms with Crippen LogP contribution in [0.2, 0.25) is 0 Å². The highest BCUT2D eigenvalue weighted by atomic mass is 32.1. The molecule has 4 nitrogen and oxygen atoms in total. The topological polar surface area (TPSA) is 55.9 Å². The van der Waals surface area contributed by atoms with E-state index in [-0.39, 0.29) is 0 Å². The molecule has 0 aromatic carbocycles. The minimum atomic E-state index is 0.419. The Morgan fingerprint density at radius 2 is 2.27 bits per heavy atom. The van der Waals surface area contributed by atoms with Gasteiger partial charge in [-0.05, 0) is 26.2 Å². The van der Waals surface area contributed by atoms with Gasteiger partial charge in [0.2, 0.25) is 0 Å². The first-order valence-electron chi connectivity index (χ1n) is 5.19. The lowest BCUT2D eigenvalue weighted by atomic mass is 9.93. The lowest BCUT2D eigenvalue weighted by Crippen LogP contribution is -2.29. The molecule has 0 amide bonds. The zero-order chi connectivity index (χ0) is 11.0. The molecule has 1 fully saturated rings. The Labute approximate surface area is 94.8 Å². The number of anilines is 1. The second kappa shape index (κ2) is 3.81. The van der Waals surface area contributed by atoms with Crippen molar-refractivity contribution in [2.24, 2.45) is 12.8 Å². The van der Waals surface area contributed by atoms with Gasteiger partial charge in [0.05, 0.1) is 11.3 Å². The number of nitrogens with two attached hydrogens (primary N) is 1. The molecule has 0 bridgehead atoms. The summed E-state index contributed by atoms with van der Waals surface area (Å²) in [7, 11) is 1.91. The van der Waals surface area contributed by atoms with Gasteiger partial charge in [-0.1, -0.05) is 12.2 Å². The van der Waals surface area contributed by atoms with E-state index in [2.05, 4.69) is 10.4 Å². The number of nitrogens with zero attached hydrogens (tertiary/aromatic N) is 2. The Morgan fingerprint density at radius 1 is 1.60 bits per heavy atom. The largest absolute Gasteiger partial charge is 0.389 e. The summed E-state index contributed by atoms with van der Waals surface area (Å²) in [5, 5.41) is 7.78. The van der Waals surface area contributed by atoms with Gasteiger partial charge in [-0.25, -0.2) is 0 Å². The zero-order valence-corrected chi connectivity index (χ0v) is 9.90. The van der Waals surface area contributed by atoms with Crippen LogP contribution in [0.25, 0.3) is 0 Å². The van der Waals surface area contributed by atoms with Crippen molar-refractivity contribution in [1.82, 2.24) is 9.78 Å². The molecule has 0 radical (unpaired) electrons. The van der Waals surface area contributed by atoms with Crippen LogP contribution in [0.4, 0.5) is 5.82 Å². The van der Waals surface area contributed by atoms with Gasteiger partial charge < -0.3 is 11.1 Å². The minimum absolute atomic E-state index is 0.419. The number of aromatic nitrogens is 2. The summed E-state index contributed by atoms with van der Waals surface area (Å²) in [4.78, 5) is 0.419. The average molecular weight is 224 g/mol. The fourth-order valence-corrected chi connectivity index (χ4v) is 2.11. The van der Waals surface area contributed by atoms with Gasteiger partial charge in [-0.2, -0.15) is 5.10 Å². The van der Waals surface area contributed by atoms with Crippen LogP contribution in [0.1, 0.15) is 30.5 Å². The monoisotopic (exact) mass is 224 g/mol. The standard InChI is InChI=1S/C10H16N4S/c1-6-8(9(11)15)10(14(2)13-6)12-7-4-3-5-7/h7,12H,3-5H2,1-2H3,(H2,11,15). The number of aryl methyl sites for hydroxylation is 2. The molecule has 0 spiro atoms. The Bertz CT molecular complexity index is 392. The van der Waals surface area contributed by atoms with Gasteiger partial charge in [0.1, 0.15) is 10.8 Å². The van der Waals surface area contributed by atoms with Crippen LogP contribution in [-0.2, 0) is 7.05 Å². The van der Waals surface area contributed by atoms with E-state index in [1.807, 2.05) is 18.7 Å². The summed E-state index contributed by atoms with van der Waals surface area (Å²) >= 11 is 5.04. The van der Waals surface area contributed by atoms with Crippen LogP contribution >= 0.6 is 12.2 Å². The van der Waals surface area contributed by atoms with Crippen molar-refractivity contribution in [3.8, 4) is 0 Å². The van der Waals surface area contributed by atoms with Gasteiger partial charge in [-0.3, -0.25) is 4.68 Å². The third-order valence-corrected chi connectivity index (χ3v) is 3.12. The molecular formula is C10H16N4S. The van der Waals surface area contributed by atoms with E-state index in [0.717, 1.165) is 17.1 Å². The van der Waals surface area contributed by atoms with E-state index in [9.17, 15) is 0 Å². The Morgan fingerprint density at radius 3 is 2.73 bits per heavy atom. The summed E-state index contributed by atoms with van der Waals surface area (Å²) in [5.41, 5.74) is 7.49. The molecular weight excluding hydrogens is 208 g/mol. The lowest BCUT2D eigenvalue weighted by molar-refractivity contribution is 0.442. The van der Waals surface area contributed by atoms with E-state index < -0.39 is 0 Å². The first-order valence-corrected chi connectivity index (χ1v) is 5.60. The van der Waals surface area contributed by atoms with Crippen molar-refractivity contribution in [2.45, 2.75) is 32.2 Å². The molecule has 1 aromatic rings. The molecule has 82 valence electrons. The average Bonchev–Trinajstić information content (AvgIpc) is 2.33. The number of nitrogens with one attached hydrogen (secondary N) is 1. The highest BCUT2D eigenvalue weighted by molar-refractivity contribution is 7.80. The van der Waals surface area contributed by atoms with Gasteiger partial charge in [0.15, 0.2) is 0 Å². The maximum Gasteiger partial charge on any atom is 0.134 e. The maximum atomic E-state index is 5.70. The van der Waals surface area contributed by atoms with Crippen molar-refractivity contribution in [2.75, 3.05) is 5.32 Å². The summed E-state index contributed by atoms with van der Waals surface area (Å²) in [6, 6.07) is 0.563. The van der Waals surface area contributed by atoms with Gasteiger partial charge in [0.25, 0.3) is 0 Å². The molecule has 15 heavy (non-hydrogen) atoms. The van der Waals surface area contributed by atoms with Gasteiger partial charge in [-0.15, -0.1) is 0 Å². The third-order valence-electron chi connectivity index (χ3n) is 2.91. The summed E-state index contributed by atoms with van der Waals surface area (Å²) in [6.45, 7) is 1.93. The van der Waals surface area contributed by atoms with Crippen molar-refractivity contribution < 1.29 is 0 Å². The van der Waals surface area contributed by atoms with Crippen LogP contribution in [0.15, 0.2) is 0 Å². The second-order valence-corrected chi connectivity index (χ2v) is 4.51. The van der Waals surface area contributed by atoms with Crippen LogP contribution in [-0.4, -0.2) is 20.8 Å². The Hall–Kier alpha value is -1.10. The van der Waals surface area contributed by atoms with Gasteiger partial charge >= 0.3 is 0 Å². The molecule has 0 saturated heterocycles. The number of hydrogen-bond donors (Lipinski definition) is 2. The normalized spacial score (nSPS) is 16.1. The van der Waals surface area contributed by atoms with E-state index in [1.54, 1.807) is 0 Å². The van der Waals surface area contributed by atoms with Crippen molar-refractivity contribution >= 4 is 23.0 Å². The minimum Gasteiger partial charge on any atom is -0.389 e. The van der Waals surface area contributed by atoms with E-state index >= 15 is 0 Å². The fraction of sp³-hybridized carbons (Fsp3) is 0.600. The Kier molecular flexibility index (Phi) is 2.65. The molecule has 0 atom stereocenters. The number of hydrogen-bond acceptors (Lipinski definition) is 3. The predicted octanol–water partition coefficient (Wildman–Crippen LogP) is 1.33. The molecule has 1 aliphatic carbocycles. The molecule has 5 heteroatoms. The van der Waals surface area contributed by atoms with Crippen LogP contribution in [0.3, 0.4) is 0 Å². The molecule has 0 aliphatic heterocycles.